The van der Waals surface area contributed by atoms with Crippen molar-refractivity contribution in [1.29, 1.82) is 0 Å². The Morgan fingerprint density at radius 2 is 1.17 bits per heavy atom. The smallest absolute Gasteiger partial charge is 0.759 e. The first-order valence-electron chi connectivity index (χ1n) is 0.667. The normalized spacial score (nSPS) is 9.67. The molecule has 0 aliphatic rings. The Hall–Kier alpha value is 0.610. The minimum atomic E-state index is -5.17. The van der Waals surface area contributed by atoms with Crippen molar-refractivity contribution >= 4 is 10.4 Å². The van der Waals surface area contributed by atoms with Gasteiger partial charge in [-0.1, -0.05) is 0 Å². The predicted octanol–water partition coefficient (Wildman–Crippen LogP) is -1.34. The van der Waals surface area contributed by atoms with E-state index in [-0.39, 0.29) is 22.4 Å². The van der Waals surface area contributed by atoms with E-state index in [1.165, 1.54) is 0 Å². The summed E-state index contributed by atoms with van der Waals surface area (Å²) >= 11 is 0. The minimum absolute atomic E-state index is 0. The fraction of sp³-hybridized carbons (Fsp3) is 0. The Bertz CT molecular complexity index is 90.7. The molecule has 4 nitrogen and oxygen atoms in total. The number of hydrogen-bond donors (Lipinski definition) is 0. The van der Waals surface area contributed by atoms with Crippen LogP contribution in [-0.4, -0.2) is 17.5 Å². The molecular formula is NbO4S. The largest absolute Gasteiger partial charge is 2.00 e. The van der Waals surface area contributed by atoms with E-state index >= 15 is 0 Å². The van der Waals surface area contributed by atoms with Gasteiger partial charge in [-0.05, 0) is 0 Å². The summed E-state index contributed by atoms with van der Waals surface area (Å²) in [5, 5.41) is 0. The second kappa shape index (κ2) is 2.73. The molecule has 0 fully saturated rings. The van der Waals surface area contributed by atoms with Gasteiger partial charge in [0, 0.05) is 10.4 Å². The van der Waals surface area contributed by atoms with Crippen molar-refractivity contribution < 1.29 is 39.9 Å². The third-order valence-corrected chi connectivity index (χ3v) is 0. The van der Waals surface area contributed by atoms with E-state index in [1.54, 1.807) is 0 Å². The second-order valence-electron chi connectivity index (χ2n) is 0.408. The van der Waals surface area contributed by atoms with E-state index in [0.29, 0.717) is 0 Å². The van der Waals surface area contributed by atoms with Crippen LogP contribution in [0.4, 0.5) is 0 Å². The zero-order valence-electron chi connectivity index (χ0n) is 2.49. The fourth-order valence-corrected chi connectivity index (χ4v) is 0. The van der Waals surface area contributed by atoms with Gasteiger partial charge < -0.3 is 9.11 Å². The molecule has 0 rings (SSSR count). The van der Waals surface area contributed by atoms with Gasteiger partial charge in [0.2, 0.25) is 0 Å². The van der Waals surface area contributed by atoms with Crippen LogP contribution in [0.2, 0.25) is 0 Å². The summed E-state index contributed by atoms with van der Waals surface area (Å²) in [6, 6.07) is 0. The van der Waals surface area contributed by atoms with Gasteiger partial charge in [0.15, 0.2) is 0 Å². The third kappa shape index (κ3) is 161. The van der Waals surface area contributed by atoms with Crippen LogP contribution in [0, 0.1) is 0 Å². The van der Waals surface area contributed by atoms with Crippen LogP contribution in [0.3, 0.4) is 0 Å². The molecule has 6 heavy (non-hydrogen) atoms. The van der Waals surface area contributed by atoms with Crippen molar-refractivity contribution in [3.63, 3.8) is 0 Å². The van der Waals surface area contributed by atoms with Crippen molar-refractivity contribution in [1.82, 2.24) is 0 Å². The summed E-state index contributed by atoms with van der Waals surface area (Å²) in [6.07, 6.45) is 0. The van der Waals surface area contributed by atoms with Crippen molar-refractivity contribution in [2.75, 3.05) is 0 Å². The van der Waals surface area contributed by atoms with E-state index in [4.69, 9.17) is 17.5 Å². The standard InChI is InChI=1S/Nb.H2O4S/c;1-5(2,3)4/h;(H2,1,2,3,4)/q+2;/p-2. The van der Waals surface area contributed by atoms with E-state index in [1.807, 2.05) is 0 Å². The van der Waals surface area contributed by atoms with E-state index in [9.17, 15) is 0 Å². The monoisotopic (exact) mass is 189 g/mol. The van der Waals surface area contributed by atoms with Gasteiger partial charge in [-0.2, -0.15) is 0 Å². The minimum Gasteiger partial charge on any atom is -0.759 e. The molecule has 1 radical (unpaired) electrons. The molecule has 0 N–H and O–H groups in total. The molecule has 0 aromatic heterocycles. The van der Waals surface area contributed by atoms with E-state index in [2.05, 4.69) is 0 Å². The van der Waals surface area contributed by atoms with Crippen molar-refractivity contribution in [2.24, 2.45) is 0 Å². The maximum absolute atomic E-state index is 8.52. The topological polar surface area (TPSA) is 80.3 Å². The van der Waals surface area contributed by atoms with Gasteiger partial charge >= 0.3 is 22.4 Å². The average molecular weight is 189 g/mol. The zero-order chi connectivity index (χ0) is 4.50. The zero-order valence-corrected chi connectivity index (χ0v) is 5.50. The summed E-state index contributed by atoms with van der Waals surface area (Å²) in [5.74, 6) is 0. The first-order chi connectivity index (χ1) is 2.00. The molecule has 0 spiro atoms. The molecule has 0 heterocycles. The SMILES string of the molecule is O=S(=O)([O-])[O-].[Nb+2]. The van der Waals surface area contributed by atoms with Gasteiger partial charge in [0.1, 0.15) is 0 Å². The van der Waals surface area contributed by atoms with Gasteiger partial charge in [0.25, 0.3) is 0 Å². The van der Waals surface area contributed by atoms with Gasteiger partial charge in [-0.15, -0.1) is 0 Å². The second-order valence-corrected chi connectivity index (χ2v) is 1.22. The van der Waals surface area contributed by atoms with Crippen molar-refractivity contribution in [3.05, 3.63) is 0 Å². The Balaban J connectivity index is 0. The summed E-state index contributed by atoms with van der Waals surface area (Å²) in [5.41, 5.74) is 0. The average Bonchev–Trinajstić information content (AvgIpc) is 0.722. The van der Waals surface area contributed by atoms with E-state index in [0.717, 1.165) is 0 Å². The van der Waals surface area contributed by atoms with Crippen LogP contribution in [-0.2, 0) is 32.8 Å². The molecule has 0 unspecified atom stereocenters. The van der Waals surface area contributed by atoms with Gasteiger partial charge in [0.05, 0.1) is 0 Å². The van der Waals surface area contributed by atoms with Gasteiger partial charge in [-0.25, -0.2) is 0 Å². The molecular weight excluding hydrogens is 189 g/mol. The molecule has 0 aliphatic carbocycles. The first-order valence-corrected chi connectivity index (χ1v) is 2.00. The Labute approximate surface area is 50.6 Å². The molecule has 6 heteroatoms. The maximum atomic E-state index is 8.52. The Morgan fingerprint density at radius 3 is 1.17 bits per heavy atom. The molecule has 0 atom stereocenters. The predicted molar refractivity (Wildman–Crippen MR) is 10.5 cm³/mol. The number of rotatable bonds is 0. The van der Waals surface area contributed by atoms with Crippen LogP contribution < -0.4 is 0 Å². The van der Waals surface area contributed by atoms with Gasteiger partial charge in [-0.3, -0.25) is 8.42 Å². The van der Waals surface area contributed by atoms with Crippen LogP contribution >= 0.6 is 0 Å². The van der Waals surface area contributed by atoms with Crippen LogP contribution in [0.15, 0.2) is 0 Å². The summed E-state index contributed by atoms with van der Waals surface area (Å²) in [4.78, 5) is 0. The van der Waals surface area contributed by atoms with Crippen LogP contribution in [0.1, 0.15) is 0 Å². The molecule has 0 saturated carbocycles. The van der Waals surface area contributed by atoms with Crippen LogP contribution in [0.5, 0.6) is 0 Å². The molecule has 0 saturated heterocycles. The third-order valence-electron chi connectivity index (χ3n) is 0. The van der Waals surface area contributed by atoms with Crippen molar-refractivity contribution in [2.45, 2.75) is 0 Å². The van der Waals surface area contributed by atoms with Crippen molar-refractivity contribution in [3.8, 4) is 0 Å². The summed E-state index contributed by atoms with van der Waals surface area (Å²) in [7, 11) is -5.17. The maximum Gasteiger partial charge on any atom is 2.00 e. The molecule has 0 aromatic carbocycles. The Morgan fingerprint density at radius 1 is 1.17 bits per heavy atom. The first kappa shape index (κ1) is 9.79. The van der Waals surface area contributed by atoms with Crippen LogP contribution in [0.25, 0.3) is 0 Å². The molecule has 0 bridgehead atoms. The molecule has 0 aromatic rings. The summed E-state index contributed by atoms with van der Waals surface area (Å²) in [6.45, 7) is 0. The fourth-order valence-electron chi connectivity index (χ4n) is 0. The quantitative estimate of drug-likeness (QED) is 0.268. The van der Waals surface area contributed by atoms with E-state index < -0.39 is 10.4 Å². The molecule has 0 aliphatic heterocycles. The number of hydrogen-bond acceptors (Lipinski definition) is 4. The Kier molecular flexibility index (Phi) is 4.45. The molecule has 0 amide bonds. The molecule has 35 valence electrons. The summed E-state index contributed by atoms with van der Waals surface area (Å²) < 4.78 is 34.1.